The minimum Gasteiger partial charge on any atom is -0.481 e. The van der Waals surface area contributed by atoms with E-state index in [2.05, 4.69) is 46.2 Å². The second kappa shape index (κ2) is 15.1. The highest BCUT2D eigenvalue weighted by molar-refractivity contribution is 7.80. The number of nitrogens with two attached hydrogens (primary N) is 3. The van der Waals surface area contributed by atoms with Crippen LogP contribution >= 0.6 is 25.3 Å². The number of aliphatic carboxylic acids is 2. The van der Waals surface area contributed by atoms with Gasteiger partial charge in [-0.3, -0.25) is 24.2 Å². The van der Waals surface area contributed by atoms with Crippen LogP contribution in [0.25, 0.3) is 0 Å². The Morgan fingerprint density at radius 2 is 1.38 bits per heavy atom. The third-order valence-corrected chi connectivity index (χ3v) is 4.68. The van der Waals surface area contributed by atoms with Gasteiger partial charge >= 0.3 is 11.9 Å². The van der Waals surface area contributed by atoms with E-state index in [0.29, 0.717) is 0 Å². The molecule has 0 radical (unpaired) electrons. The summed E-state index contributed by atoms with van der Waals surface area (Å²) in [7, 11) is 0. The molecule has 0 fully saturated rings. The van der Waals surface area contributed by atoms with Gasteiger partial charge in [0.1, 0.15) is 18.1 Å². The number of carbonyl (C=O) groups is 5. The number of rotatable bonds is 15. The maximum Gasteiger partial charge on any atom is 0.327 e. The number of aliphatic imine (C=N–C) groups is 1. The Kier molecular flexibility index (Phi) is 13.9. The van der Waals surface area contributed by atoms with Crippen LogP contribution < -0.4 is 33.2 Å². The van der Waals surface area contributed by atoms with E-state index in [9.17, 15) is 24.0 Å². The van der Waals surface area contributed by atoms with Crippen molar-refractivity contribution in [1.29, 1.82) is 0 Å². The molecule has 0 aliphatic heterocycles. The zero-order valence-electron chi connectivity index (χ0n) is 17.1. The maximum atomic E-state index is 12.7. The first-order chi connectivity index (χ1) is 14.9. The van der Waals surface area contributed by atoms with Crippen LogP contribution in [0, 0.1) is 0 Å². The van der Waals surface area contributed by atoms with Gasteiger partial charge in [0.15, 0.2) is 5.96 Å². The number of guanidine groups is 1. The zero-order valence-corrected chi connectivity index (χ0v) is 18.9. The summed E-state index contributed by atoms with van der Waals surface area (Å²) in [6, 6.07) is -5.23. The van der Waals surface area contributed by atoms with Gasteiger partial charge in [0.05, 0.1) is 12.5 Å². The van der Waals surface area contributed by atoms with E-state index < -0.39 is 60.2 Å². The number of carbonyl (C=O) groups excluding carboxylic acids is 3. The SMILES string of the molecule is NC(N)=NCCCC(NC(=O)C(N)CS)C(=O)NC(CC(=O)O)C(=O)NC(CS)C(=O)O. The molecule has 0 spiro atoms. The molecule has 0 saturated carbocycles. The number of nitrogens with zero attached hydrogens (tertiary/aromatic N) is 1. The molecular weight excluding hydrogens is 466 g/mol. The number of carboxylic acids is 2. The van der Waals surface area contributed by atoms with Gasteiger partial charge in [-0.25, -0.2) is 4.79 Å². The summed E-state index contributed by atoms with van der Waals surface area (Å²) in [6.45, 7) is 0.141. The lowest BCUT2D eigenvalue weighted by Gasteiger charge is -2.24. The van der Waals surface area contributed by atoms with Crippen LogP contribution in [-0.4, -0.2) is 88.1 Å². The van der Waals surface area contributed by atoms with Crippen LogP contribution in [0.1, 0.15) is 19.3 Å². The fourth-order valence-corrected chi connectivity index (χ4v) is 2.66. The van der Waals surface area contributed by atoms with Crippen molar-refractivity contribution in [2.75, 3.05) is 18.1 Å². The highest BCUT2D eigenvalue weighted by atomic mass is 32.1. The van der Waals surface area contributed by atoms with Gasteiger partial charge in [0, 0.05) is 18.1 Å². The summed E-state index contributed by atoms with van der Waals surface area (Å²) in [5.74, 6) is -5.86. The van der Waals surface area contributed by atoms with Crippen molar-refractivity contribution in [3.05, 3.63) is 0 Å². The fraction of sp³-hybridized carbons (Fsp3) is 0.625. The monoisotopic (exact) mass is 495 g/mol. The first kappa shape index (κ1) is 29.3. The summed E-state index contributed by atoms with van der Waals surface area (Å²) in [5, 5.41) is 24.8. The predicted molar refractivity (Wildman–Crippen MR) is 121 cm³/mol. The molecule has 0 rings (SSSR count). The van der Waals surface area contributed by atoms with Gasteiger partial charge in [0.2, 0.25) is 17.7 Å². The molecule has 0 aliphatic carbocycles. The second-order valence-corrected chi connectivity index (χ2v) is 7.27. The van der Waals surface area contributed by atoms with E-state index in [-0.39, 0.29) is 36.9 Å². The summed E-state index contributed by atoms with van der Waals surface area (Å²) in [6.07, 6.45) is -0.548. The topological polar surface area (TPSA) is 252 Å². The van der Waals surface area contributed by atoms with Crippen LogP contribution in [0.2, 0.25) is 0 Å². The van der Waals surface area contributed by atoms with Crippen LogP contribution in [0.15, 0.2) is 4.99 Å². The number of hydrogen-bond donors (Lipinski definition) is 10. The zero-order chi connectivity index (χ0) is 24.8. The van der Waals surface area contributed by atoms with Crippen molar-refractivity contribution in [1.82, 2.24) is 16.0 Å². The molecule has 0 saturated heterocycles. The molecule has 4 atom stereocenters. The Bertz CT molecular complexity index is 719. The predicted octanol–water partition coefficient (Wildman–Crippen LogP) is -3.76. The van der Waals surface area contributed by atoms with Gasteiger partial charge in [-0.05, 0) is 12.8 Å². The summed E-state index contributed by atoms with van der Waals surface area (Å²) < 4.78 is 0. The lowest BCUT2D eigenvalue weighted by Crippen LogP contribution is -2.57. The number of nitrogens with one attached hydrogen (secondary N) is 3. The Hall–Kier alpha value is -2.72. The molecule has 0 aromatic heterocycles. The molecule has 182 valence electrons. The first-order valence-corrected chi connectivity index (χ1v) is 10.6. The molecule has 0 aromatic carbocycles. The van der Waals surface area contributed by atoms with Gasteiger partial charge in [-0.15, -0.1) is 0 Å². The first-order valence-electron chi connectivity index (χ1n) is 9.31. The van der Waals surface area contributed by atoms with E-state index >= 15 is 0 Å². The summed E-state index contributed by atoms with van der Waals surface area (Å²) >= 11 is 7.72. The third-order valence-electron chi connectivity index (χ3n) is 3.92. The van der Waals surface area contributed by atoms with Crippen molar-refractivity contribution >= 4 is 60.9 Å². The Morgan fingerprint density at radius 3 is 1.84 bits per heavy atom. The molecule has 0 bridgehead atoms. The van der Waals surface area contributed by atoms with Crippen molar-refractivity contribution in [3.63, 3.8) is 0 Å². The van der Waals surface area contributed by atoms with E-state index in [0.717, 1.165) is 0 Å². The van der Waals surface area contributed by atoms with Crippen molar-refractivity contribution < 1.29 is 34.2 Å². The molecule has 14 nitrogen and oxygen atoms in total. The standard InChI is InChI=1S/C16H29N7O7S2/c17-7(5-31)12(26)21-8(2-1-3-20-16(18)19)13(27)22-9(4-11(24)25)14(28)23-10(6-32)15(29)30/h7-10,31-32H,1-6,17H2,(H,21,26)(H,22,27)(H,23,28)(H,24,25)(H,29,30)(H4,18,19,20). The summed E-state index contributed by atoms with van der Waals surface area (Å²) in [5.41, 5.74) is 16.1. The molecule has 16 heteroatoms. The molecular formula is C16H29N7O7S2. The molecule has 0 aliphatic rings. The van der Waals surface area contributed by atoms with Crippen LogP contribution in [0.3, 0.4) is 0 Å². The van der Waals surface area contributed by atoms with Crippen LogP contribution in [-0.2, 0) is 24.0 Å². The lowest BCUT2D eigenvalue weighted by molar-refractivity contribution is -0.143. The van der Waals surface area contributed by atoms with E-state index in [1.54, 1.807) is 0 Å². The minimum atomic E-state index is -1.61. The maximum absolute atomic E-state index is 12.7. The third kappa shape index (κ3) is 11.6. The van der Waals surface area contributed by atoms with Crippen LogP contribution in [0.4, 0.5) is 0 Å². The Labute approximate surface area is 194 Å². The smallest absolute Gasteiger partial charge is 0.327 e. The number of thiol groups is 2. The largest absolute Gasteiger partial charge is 0.481 e. The normalized spacial score (nSPS) is 14.2. The molecule has 4 unspecified atom stereocenters. The molecule has 0 heterocycles. The average molecular weight is 496 g/mol. The van der Waals surface area contributed by atoms with E-state index in [1.807, 2.05) is 0 Å². The van der Waals surface area contributed by atoms with Crippen molar-refractivity contribution in [3.8, 4) is 0 Å². The van der Waals surface area contributed by atoms with E-state index in [1.165, 1.54) is 0 Å². The minimum absolute atomic E-state index is 0.00147. The number of carboxylic acid groups (broad SMARTS) is 2. The molecule has 0 aromatic rings. The van der Waals surface area contributed by atoms with Crippen molar-refractivity contribution in [2.24, 2.45) is 22.2 Å². The molecule has 3 amide bonds. The van der Waals surface area contributed by atoms with Gasteiger partial charge in [-0.1, -0.05) is 0 Å². The highest BCUT2D eigenvalue weighted by Crippen LogP contribution is 2.03. The van der Waals surface area contributed by atoms with Gasteiger partial charge in [-0.2, -0.15) is 25.3 Å². The highest BCUT2D eigenvalue weighted by Gasteiger charge is 2.31. The molecule has 32 heavy (non-hydrogen) atoms. The average Bonchev–Trinajstić information content (AvgIpc) is 2.71. The quantitative estimate of drug-likeness (QED) is 0.0459. The Morgan fingerprint density at radius 1 is 0.844 bits per heavy atom. The second-order valence-electron chi connectivity index (χ2n) is 6.54. The van der Waals surface area contributed by atoms with Gasteiger partial charge < -0.3 is 43.4 Å². The summed E-state index contributed by atoms with van der Waals surface area (Å²) in [4.78, 5) is 63.2. The molecule has 11 N–H and O–H groups in total. The fourth-order valence-electron chi connectivity index (χ4n) is 2.25. The number of hydrogen-bond acceptors (Lipinski definition) is 9. The number of amides is 3. The van der Waals surface area contributed by atoms with Crippen LogP contribution in [0.5, 0.6) is 0 Å². The van der Waals surface area contributed by atoms with Gasteiger partial charge in [0.25, 0.3) is 0 Å². The Balaban J connectivity index is 5.46. The van der Waals surface area contributed by atoms with E-state index in [4.69, 9.17) is 27.4 Å². The van der Waals surface area contributed by atoms with Crippen molar-refractivity contribution in [2.45, 2.75) is 43.4 Å². The lowest BCUT2D eigenvalue weighted by atomic mass is 10.1.